The van der Waals surface area contributed by atoms with Crippen molar-refractivity contribution in [1.29, 1.82) is 0 Å². The molecule has 0 aliphatic rings. The molecule has 0 bridgehead atoms. The summed E-state index contributed by atoms with van der Waals surface area (Å²) in [6.45, 7) is 12.0. The predicted octanol–water partition coefficient (Wildman–Crippen LogP) is 17.4. The molecule has 348 valence electrons. The molecule has 4 nitrogen and oxygen atoms in total. The van der Waals surface area contributed by atoms with Crippen LogP contribution in [0.5, 0.6) is 5.75 Å². The maximum Gasteiger partial charge on any atom is 2.00 e. The van der Waals surface area contributed by atoms with Gasteiger partial charge in [-0.25, -0.2) is 4.98 Å². The number of fused-ring (bicyclic) bond motifs is 1. The molecule has 0 spiro atoms. The predicted molar refractivity (Wildman–Crippen MR) is 289 cm³/mol. The first-order valence-electron chi connectivity index (χ1n) is 25.5. The SMILES string of the molecule is [2H]C([2H])([2H])c1cc(-n2c(-c3cc(C)cc(C)c3O[CH2-])nc3c(-c4[c-]c(-c5cc(-c6ccc(C([2H])(C)C)cc6)ccn5)cc(-c5ccccc5)c4)cccc32)c(-c2ccc(C(C)(C)C)cc2)cc1-c1ccccc1.[Pt+2]. The Morgan fingerprint density at radius 1 is 0.614 bits per heavy atom. The molecule has 2 heterocycles. The standard InChI is InChI=1S/C65H57N3O.Pt/c1-41(2)45-23-25-47(26-24-45)50-31-32-66-59(39-50)53-37-51(46-17-12-10-13-18-46)36-52(38-53)55-21-16-22-60-62(55)67-64(58-34-42(3)33-44(5)63(58)69-9)68(60)61-35-43(4)56(48-19-14-11-15-20-48)40-57(61)49-27-29-54(30-28-49)65(6,7)8;/h10-37,39-41H,9H2,1-8H3;/q-2;+2/i4D3,41D;. The molecule has 2 aromatic heterocycles. The van der Waals surface area contributed by atoms with Crippen molar-refractivity contribution in [3.63, 3.8) is 0 Å². The first-order valence-corrected chi connectivity index (χ1v) is 23.5. The Hall–Kier alpha value is -7.13. The van der Waals surface area contributed by atoms with Crippen LogP contribution in [-0.2, 0) is 26.5 Å². The van der Waals surface area contributed by atoms with E-state index in [9.17, 15) is 0 Å². The van der Waals surface area contributed by atoms with Gasteiger partial charge in [0, 0.05) is 22.9 Å². The largest absolute Gasteiger partial charge is 2.00 e. The monoisotopic (exact) mass is 1090 g/mol. The molecule has 0 N–H and O–H groups in total. The Labute approximate surface area is 434 Å². The second-order valence-corrected chi connectivity index (χ2v) is 19.2. The molecule has 8 aromatic carbocycles. The van der Waals surface area contributed by atoms with Crippen LogP contribution in [0.15, 0.2) is 182 Å². The number of hydrogen-bond donors (Lipinski definition) is 0. The van der Waals surface area contributed by atoms with Crippen molar-refractivity contribution in [3.8, 4) is 89.7 Å². The van der Waals surface area contributed by atoms with E-state index in [1.165, 1.54) is 5.56 Å². The summed E-state index contributed by atoms with van der Waals surface area (Å²) >= 11 is 0. The Morgan fingerprint density at radius 3 is 1.94 bits per heavy atom. The Bertz CT molecular complexity index is 3670. The van der Waals surface area contributed by atoms with Gasteiger partial charge in [0.2, 0.25) is 0 Å². The minimum Gasteiger partial charge on any atom is -0.665 e. The Morgan fingerprint density at radius 2 is 1.27 bits per heavy atom. The summed E-state index contributed by atoms with van der Waals surface area (Å²) in [7, 11) is 3.92. The molecule has 10 aromatic rings. The quantitative estimate of drug-likeness (QED) is 0.128. The van der Waals surface area contributed by atoms with Gasteiger partial charge < -0.3 is 4.74 Å². The number of nitrogens with zero attached hydrogens (tertiary/aromatic N) is 3. The fraction of sp³-hybridized carbons (Fsp3) is 0.154. The first kappa shape index (κ1) is 42.9. The molecule has 10 rings (SSSR count). The number of aromatic nitrogens is 3. The maximum absolute atomic E-state index is 9.04. The Kier molecular flexibility index (Phi) is 12.1. The number of hydrogen-bond acceptors (Lipinski definition) is 3. The molecule has 0 amide bonds. The van der Waals surface area contributed by atoms with Gasteiger partial charge in [-0.1, -0.05) is 185 Å². The minimum atomic E-state index is -2.48. The minimum absolute atomic E-state index is 0. The van der Waals surface area contributed by atoms with Gasteiger partial charge in [0.05, 0.1) is 28.0 Å². The van der Waals surface area contributed by atoms with Gasteiger partial charge in [-0.15, -0.1) is 23.8 Å². The topological polar surface area (TPSA) is 39.9 Å². The average Bonchev–Trinajstić information content (AvgIpc) is 3.79. The molecule has 0 radical (unpaired) electrons. The summed E-state index contributed by atoms with van der Waals surface area (Å²) in [5.74, 6) is 0.431. The van der Waals surface area contributed by atoms with Gasteiger partial charge in [0.15, 0.2) is 0 Å². The van der Waals surface area contributed by atoms with Crippen LogP contribution in [-0.4, -0.2) is 14.5 Å². The molecule has 0 saturated carbocycles. The van der Waals surface area contributed by atoms with Crippen molar-refractivity contribution in [1.82, 2.24) is 14.5 Å². The van der Waals surface area contributed by atoms with Crippen molar-refractivity contribution >= 4 is 11.0 Å². The molecule has 0 aliphatic heterocycles. The summed E-state index contributed by atoms with van der Waals surface area (Å²) in [6, 6.07) is 63.2. The summed E-state index contributed by atoms with van der Waals surface area (Å²) in [4.78, 5) is 10.6. The number of para-hydroxylation sites is 1. The van der Waals surface area contributed by atoms with E-state index in [1.54, 1.807) is 0 Å². The van der Waals surface area contributed by atoms with E-state index in [-0.39, 0.29) is 32.0 Å². The summed E-state index contributed by atoms with van der Waals surface area (Å²) in [5, 5.41) is 0. The van der Waals surface area contributed by atoms with Gasteiger partial charge in [-0.05, 0) is 124 Å². The van der Waals surface area contributed by atoms with E-state index in [1.807, 2.05) is 119 Å². The molecule has 0 saturated heterocycles. The molecular weight excluding hydrogens is 1030 g/mol. The van der Waals surface area contributed by atoms with Gasteiger partial charge >= 0.3 is 21.1 Å². The number of benzene rings is 8. The summed E-state index contributed by atoms with van der Waals surface area (Å²) < 4.78 is 43.8. The van der Waals surface area contributed by atoms with Crippen LogP contribution in [0.4, 0.5) is 0 Å². The Balaban J connectivity index is 0.00000672. The third-order valence-electron chi connectivity index (χ3n) is 13.1. The zero-order valence-corrected chi connectivity index (χ0v) is 42.9. The van der Waals surface area contributed by atoms with Crippen molar-refractivity contribution in [3.05, 3.63) is 223 Å². The van der Waals surface area contributed by atoms with Crippen LogP contribution in [0.2, 0.25) is 0 Å². The van der Waals surface area contributed by atoms with Gasteiger partial charge in [-0.2, -0.15) is 7.11 Å². The number of imidazole rings is 1. The average molecular weight is 1100 g/mol. The van der Waals surface area contributed by atoms with Gasteiger partial charge in [0.1, 0.15) is 5.82 Å². The molecule has 0 unspecified atom stereocenters. The third kappa shape index (κ3) is 9.34. The molecule has 0 fully saturated rings. The molecule has 5 heteroatoms. The van der Waals surface area contributed by atoms with Crippen LogP contribution in [0.3, 0.4) is 0 Å². The van der Waals surface area contributed by atoms with Gasteiger partial charge in [-0.3, -0.25) is 9.55 Å². The van der Waals surface area contributed by atoms with Crippen LogP contribution >= 0.6 is 0 Å². The van der Waals surface area contributed by atoms with Crippen molar-refractivity contribution in [2.45, 2.75) is 66.6 Å². The number of rotatable bonds is 10. The number of ether oxygens (including phenoxy) is 1. The van der Waals surface area contributed by atoms with E-state index in [0.29, 0.717) is 33.9 Å². The van der Waals surface area contributed by atoms with Crippen molar-refractivity contribution < 1.29 is 31.3 Å². The second kappa shape index (κ2) is 19.7. The van der Waals surface area contributed by atoms with E-state index in [4.69, 9.17) is 20.2 Å². The molecular formula is C65H57N3OPt. The molecule has 70 heavy (non-hydrogen) atoms. The zero-order valence-electron chi connectivity index (χ0n) is 44.6. The van der Waals surface area contributed by atoms with Crippen molar-refractivity contribution in [2.75, 3.05) is 0 Å². The van der Waals surface area contributed by atoms with E-state index in [0.717, 1.165) is 83.5 Å². The first-order chi connectivity index (χ1) is 34.8. The van der Waals surface area contributed by atoms with Crippen LogP contribution in [0.1, 0.15) is 73.8 Å². The van der Waals surface area contributed by atoms with Crippen LogP contribution < -0.4 is 4.74 Å². The summed E-state index contributed by atoms with van der Waals surface area (Å²) in [5.41, 5.74) is 17.4. The number of aryl methyl sites for hydroxylation is 3. The van der Waals surface area contributed by atoms with Crippen molar-refractivity contribution in [2.24, 2.45) is 0 Å². The van der Waals surface area contributed by atoms with Gasteiger partial charge in [0.25, 0.3) is 0 Å². The van der Waals surface area contributed by atoms with E-state index < -0.39 is 12.7 Å². The third-order valence-corrected chi connectivity index (χ3v) is 13.1. The van der Waals surface area contributed by atoms with E-state index >= 15 is 0 Å². The maximum atomic E-state index is 9.04. The fourth-order valence-electron chi connectivity index (χ4n) is 9.47. The molecule has 0 atom stereocenters. The smallest absolute Gasteiger partial charge is 0.665 e. The summed E-state index contributed by atoms with van der Waals surface area (Å²) in [6.07, 6.45) is 1.83. The van der Waals surface area contributed by atoms with Crippen LogP contribution in [0, 0.1) is 33.9 Å². The normalized spacial score (nSPS) is 12.7. The van der Waals surface area contributed by atoms with E-state index in [2.05, 4.69) is 130 Å². The molecule has 0 aliphatic carbocycles. The number of pyridine rings is 1. The fourth-order valence-corrected chi connectivity index (χ4v) is 9.47. The van der Waals surface area contributed by atoms with Crippen LogP contribution in [0.25, 0.3) is 95.0 Å². The zero-order chi connectivity index (χ0) is 51.4. The second-order valence-electron chi connectivity index (χ2n) is 19.2.